The number of nitrogens with one attached hydrogen (secondary N) is 1. The number of likely N-dealkylation sites (tertiary alicyclic amines) is 1. The summed E-state index contributed by atoms with van der Waals surface area (Å²) in [5, 5.41) is 3.23. The lowest BCUT2D eigenvalue weighted by Crippen LogP contribution is -2.54. The lowest BCUT2D eigenvalue weighted by molar-refractivity contribution is -0.0677. The van der Waals surface area contributed by atoms with Gasteiger partial charge in [-0.05, 0) is 33.4 Å². The van der Waals surface area contributed by atoms with E-state index >= 15 is 0 Å². The minimum absolute atomic E-state index is 0.0119. The van der Waals surface area contributed by atoms with Crippen LogP contribution in [-0.2, 0) is 9.47 Å². The smallest absolute Gasteiger partial charge is 0.0777 e. The van der Waals surface area contributed by atoms with E-state index in [1.165, 1.54) is 6.42 Å². The highest BCUT2D eigenvalue weighted by atomic mass is 16.5. The average Bonchev–Trinajstić information content (AvgIpc) is 2.29. The Kier molecular flexibility index (Phi) is 5.69. The van der Waals surface area contributed by atoms with Gasteiger partial charge in [0.2, 0.25) is 0 Å². The van der Waals surface area contributed by atoms with Crippen LogP contribution in [0.3, 0.4) is 0 Å². The van der Waals surface area contributed by atoms with Crippen LogP contribution in [-0.4, -0.2) is 64.1 Å². The summed E-state index contributed by atoms with van der Waals surface area (Å²) in [5.41, 5.74) is 0.0119. The van der Waals surface area contributed by atoms with Gasteiger partial charge in [-0.3, -0.25) is 4.90 Å². The van der Waals surface area contributed by atoms with Gasteiger partial charge < -0.3 is 14.8 Å². The second-order valence-corrected chi connectivity index (χ2v) is 4.89. The molecule has 2 unspecified atom stereocenters. The van der Waals surface area contributed by atoms with Crippen LogP contribution in [0.15, 0.2) is 0 Å². The molecule has 1 N–H and O–H groups in total. The van der Waals surface area contributed by atoms with Crippen LogP contribution in [0, 0.1) is 0 Å². The fourth-order valence-electron chi connectivity index (χ4n) is 2.44. The summed E-state index contributed by atoms with van der Waals surface area (Å²) in [4.78, 5) is 2.48. The molecule has 0 radical (unpaired) electrons. The highest BCUT2D eigenvalue weighted by Crippen LogP contribution is 2.25. The van der Waals surface area contributed by atoms with Gasteiger partial charge in [-0.1, -0.05) is 0 Å². The largest absolute Gasteiger partial charge is 0.383 e. The Bertz CT molecular complexity index is 195. The molecule has 1 saturated heterocycles. The first-order valence-electron chi connectivity index (χ1n) is 6.08. The van der Waals surface area contributed by atoms with Crippen LogP contribution >= 0.6 is 0 Å². The van der Waals surface area contributed by atoms with E-state index in [0.29, 0.717) is 6.04 Å². The molecule has 4 heteroatoms. The van der Waals surface area contributed by atoms with Crippen molar-refractivity contribution in [2.24, 2.45) is 0 Å². The van der Waals surface area contributed by atoms with Gasteiger partial charge in [-0.25, -0.2) is 0 Å². The SMILES string of the molecule is CNCC(COC)N1CCCC(C)(OC)C1. The molecular formula is C12H26N2O2. The summed E-state index contributed by atoms with van der Waals surface area (Å²) in [7, 11) is 5.57. The Morgan fingerprint density at radius 2 is 2.19 bits per heavy atom. The zero-order valence-corrected chi connectivity index (χ0v) is 11.1. The molecule has 0 saturated carbocycles. The van der Waals surface area contributed by atoms with Crippen molar-refractivity contribution < 1.29 is 9.47 Å². The number of piperidine rings is 1. The zero-order valence-electron chi connectivity index (χ0n) is 11.1. The summed E-state index contributed by atoms with van der Waals surface area (Å²) in [6.07, 6.45) is 2.35. The second-order valence-electron chi connectivity index (χ2n) is 4.89. The summed E-state index contributed by atoms with van der Waals surface area (Å²) in [6, 6.07) is 0.449. The van der Waals surface area contributed by atoms with E-state index in [1.807, 2.05) is 14.2 Å². The molecule has 4 nitrogen and oxygen atoms in total. The molecular weight excluding hydrogens is 204 g/mol. The molecule has 0 amide bonds. The van der Waals surface area contributed by atoms with Gasteiger partial charge in [0, 0.05) is 33.4 Å². The average molecular weight is 230 g/mol. The predicted octanol–water partition coefficient (Wildman–Crippen LogP) is 0.722. The number of nitrogens with zero attached hydrogens (tertiary/aromatic N) is 1. The van der Waals surface area contributed by atoms with Gasteiger partial charge >= 0.3 is 0 Å². The number of methoxy groups -OCH3 is 2. The van der Waals surface area contributed by atoms with Crippen molar-refractivity contribution in [2.75, 3.05) is 47.5 Å². The highest BCUT2D eigenvalue weighted by Gasteiger charge is 2.33. The molecule has 1 aliphatic rings. The quantitative estimate of drug-likeness (QED) is 0.729. The molecule has 0 aromatic carbocycles. The van der Waals surface area contributed by atoms with E-state index in [9.17, 15) is 0 Å². The summed E-state index contributed by atoms with van der Waals surface area (Å²) < 4.78 is 10.9. The molecule has 96 valence electrons. The van der Waals surface area contributed by atoms with Gasteiger partial charge in [-0.15, -0.1) is 0 Å². The van der Waals surface area contributed by atoms with Gasteiger partial charge in [0.1, 0.15) is 0 Å². The van der Waals surface area contributed by atoms with E-state index in [1.54, 1.807) is 7.11 Å². The fraction of sp³-hybridized carbons (Fsp3) is 1.00. The first-order chi connectivity index (χ1) is 7.65. The number of hydrogen-bond acceptors (Lipinski definition) is 4. The third-order valence-electron chi connectivity index (χ3n) is 3.50. The Hall–Kier alpha value is -0.160. The second kappa shape index (κ2) is 6.55. The summed E-state index contributed by atoms with van der Waals surface area (Å²) in [6.45, 7) is 6.09. The first-order valence-corrected chi connectivity index (χ1v) is 6.08. The molecule has 0 aromatic heterocycles. The van der Waals surface area contributed by atoms with Crippen LogP contribution in [0.25, 0.3) is 0 Å². The Morgan fingerprint density at radius 3 is 2.75 bits per heavy atom. The van der Waals surface area contributed by atoms with Crippen molar-refractivity contribution in [3.8, 4) is 0 Å². The summed E-state index contributed by atoms with van der Waals surface area (Å²) >= 11 is 0. The van der Waals surface area contributed by atoms with E-state index < -0.39 is 0 Å². The predicted molar refractivity (Wildman–Crippen MR) is 65.8 cm³/mol. The normalized spacial score (nSPS) is 29.2. The summed E-state index contributed by atoms with van der Waals surface area (Å²) in [5.74, 6) is 0. The number of likely N-dealkylation sites (N-methyl/N-ethyl adjacent to an activating group) is 1. The van der Waals surface area contributed by atoms with Crippen LogP contribution in [0.2, 0.25) is 0 Å². The molecule has 0 aliphatic carbocycles. The molecule has 1 fully saturated rings. The van der Waals surface area contributed by atoms with Gasteiger partial charge in [0.05, 0.1) is 12.2 Å². The Morgan fingerprint density at radius 1 is 1.44 bits per heavy atom. The van der Waals surface area contributed by atoms with Gasteiger partial charge in [-0.2, -0.15) is 0 Å². The highest BCUT2D eigenvalue weighted by molar-refractivity contribution is 4.88. The van der Waals surface area contributed by atoms with Gasteiger partial charge in [0.25, 0.3) is 0 Å². The molecule has 2 atom stereocenters. The van der Waals surface area contributed by atoms with E-state index in [2.05, 4.69) is 17.1 Å². The molecule has 16 heavy (non-hydrogen) atoms. The fourth-order valence-corrected chi connectivity index (χ4v) is 2.44. The van der Waals surface area contributed by atoms with Crippen molar-refractivity contribution in [3.63, 3.8) is 0 Å². The maximum atomic E-state index is 5.61. The van der Waals surface area contributed by atoms with Crippen LogP contribution < -0.4 is 5.32 Å². The maximum Gasteiger partial charge on any atom is 0.0777 e. The van der Waals surface area contributed by atoms with Crippen LogP contribution in [0.1, 0.15) is 19.8 Å². The van der Waals surface area contributed by atoms with Crippen molar-refractivity contribution in [3.05, 3.63) is 0 Å². The monoisotopic (exact) mass is 230 g/mol. The van der Waals surface area contributed by atoms with Crippen LogP contribution in [0.4, 0.5) is 0 Å². The number of rotatable bonds is 6. The van der Waals surface area contributed by atoms with Crippen molar-refractivity contribution in [1.82, 2.24) is 10.2 Å². The minimum Gasteiger partial charge on any atom is -0.383 e. The molecule has 1 aliphatic heterocycles. The third-order valence-corrected chi connectivity index (χ3v) is 3.50. The van der Waals surface area contributed by atoms with Gasteiger partial charge in [0.15, 0.2) is 0 Å². The first kappa shape index (κ1) is 13.9. The molecule has 0 aromatic rings. The Balaban J connectivity index is 2.55. The topological polar surface area (TPSA) is 33.7 Å². The lowest BCUT2D eigenvalue weighted by Gasteiger charge is -2.43. The van der Waals surface area contributed by atoms with E-state index in [-0.39, 0.29) is 5.60 Å². The molecule has 0 spiro atoms. The van der Waals surface area contributed by atoms with E-state index in [0.717, 1.165) is 32.7 Å². The molecule has 1 rings (SSSR count). The minimum atomic E-state index is 0.0119. The number of hydrogen-bond donors (Lipinski definition) is 1. The van der Waals surface area contributed by atoms with Crippen molar-refractivity contribution in [1.29, 1.82) is 0 Å². The standard InChI is InChI=1S/C12H26N2O2/c1-12(16-4)6-5-7-14(10-12)11(8-13-2)9-15-3/h11,13H,5-10H2,1-4H3. The third kappa shape index (κ3) is 3.70. The van der Waals surface area contributed by atoms with E-state index in [4.69, 9.17) is 9.47 Å². The molecule has 1 heterocycles. The van der Waals surface area contributed by atoms with Crippen molar-refractivity contribution in [2.45, 2.75) is 31.4 Å². The lowest BCUT2D eigenvalue weighted by atomic mass is 9.93. The number of ether oxygens (including phenoxy) is 2. The Labute approximate surface area is 99.3 Å². The maximum absolute atomic E-state index is 5.61. The van der Waals surface area contributed by atoms with Crippen molar-refractivity contribution >= 4 is 0 Å². The molecule has 0 bridgehead atoms. The zero-order chi connectivity index (χ0) is 12.0. The van der Waals surface area contributed by atoms with Crippen LogP contribution in [0.5, 0.6) is 0 Å².